The first kappa shape index (κ1) is 22.0. The third-order valence-electron chi connectivity index (χ3n) is 3.67. The lowest BCUT2D eigenvalue weighted by Gasteiger charge is -2.14. The van der Waals surface area contributed by atoms with Gasteiger partial charge in [0.05, 0.1) is 11.6 Å². The Balaban J connectivity index is 2.65. The van der Waals surface area contributed by atoms with Crippen molar-refractivity contribution in [1.29, 1.82) is 0 Å². The molecule has 1 aliphatic rings. The third kappa shape index (κ3) is 4.41. The fourth-order valence-corrected chi connectivity index (χ4v) is 5.26. The van der Waals surface area contributed by atoms with Gasteiger partial charge in [-0.1, -0.05) is 0 Å². The Morgan fingerprint density at radius 2 is 1.93 bits per heavy atom. The first-order valence-corrected chi connectivity index (χ1v) is 11.5. The van der Waals surface area contributed by atoms with Crippen molar-refractivity contribution in [1.82, 2.24) is 15.3 Å². The lowest BCUT2D eigenvalue weighted by atomic mass is 10.1. The van der Waals surface area contributed by atoms with E-state index in [4.69, 9.17) is 16.4 Å². The van der Waals surface area contributed by atoms with Gasteiger partial charge < -0.3 is 0 Å². The van der Waals surface area contributed by atoms with Gasteiger partial charge in [0.2, 0.25) is 0 Å². The van der Waals surface area contributed by atoms with Crippen LogP contribution in [0.15, 0.2) is 16.1 Å². The SMILES string of the molecule is CCn1nc(C(F)(F)F)c(CS(=O)(=O)C2=CC(C)(CCl)ON2)c1S(C)(=O)=O. The molecular formula is C13H17ClF3N3O5S2. The molecule has 1 aromatic heterocycles. The highest BCUT2D eigenvalue weighted by Gasteiger charge is 2.43. The average molecular weight is 452 g/mol. The van der Waals surface area contributed by atoms with Crippen LogP contribution in [-0.4, -0.2) is 44.4 Å². The number of aromatic nitrogens is 2. The van der Waals surface area contributed by atoms with Crippen LogP contribution in [0.25, 0.3) is 0 Å². The van der Waals surface area contributed by atoms with Crippen LogP contribution in [0.1, 0.15) is 25.1 Å². The number of aryl methyl sites for hydroxylation is 1. The minimum absolute atomic E-state index is 0.116. The molecule has 1 atom stereocenters. The van der Waals surface area contributed by atoms with Crippen molar-refractivity contribution in [2.45, 2.75) is 42.9 Å². The van der Waals surface area contributed by atoms with E-state index in [2.05, 4.69) is 10.6 Å². The van der Waals surface area contributed by atoms with Crippen molar-refractivity contribution in [2.75, 3.05) is 12.1 Å². The molecule has 0 saturated carbocycles. The topological polar surface area (TPSA) is 107 Å². The first-order valence-electron chi connectivity index (χ1n) is 7.47. The molecule has 0 amide bonds. The monoisotopic (exact) mass is 451 g/mol. The van der Waals surface area contributed by atoms with Crippen molar-refractivity contribution in [3.63, 3.8) is 0 Å². The fourth-order valence-electron chi connectivity index (χ4n) is 2.46. The minimum atomic E-state index is -5.04. The van der Waals surface area contributed by atoms with E-state index in [0.29, 0.717) is 10.9 Å². The van der Waals surface area contributed by atoms with Crippen LogP contribution in [0.3, 0.4) is 0 Å². The zero-order valence-corrected chi connectivity index (χ0v) is 16.9. The van der Waals surface area contributed by atoms with Crippen LogP contribution in [0, 0.1) is 0 Å². The minimum Gasteiger partial charge on any atom is -0.264 e. The van der Waals surface area contributed by atoms with Gasteiger partial charge in [-0.25, -0.2) is 16.8 Å². The second-order valence-corrected chi connectivity index (χ2v) is 10.3. The molecule has 0 spiro atoms. The summed E-state index contributed by atoms with van der Waals surface area (Å²) in [6, 6.07) is 0. The predicted molar refractivity (Wildman–Crippen MR) is 90.1 cm³/mol. The second kappa shape index (κ2) is 6.94. The van der Waals surface area contributed by atoms with Crippen molar-refractivity contribution < 1.29 is 34.8 Å². The molecule has 0 radical (unpaired) electrons. The highest BCUT2D eigenvalue weighted by Crippen LogP contribution is 2.36. The van der Waals surface area contributed by atoms with Gasteiger partial charge in [0.1, 0.15) is 5.60 Å². The van der Waals surface area contributed by atoms with Gasteiger partial charge in [-0.15, -0.1) is 11.6 Å². The fraction of sp³-hybridized carbons (Fsp3) is 0.615. The van der Waals surface area contributed by atoms with Crippen LogP contribution < -0.4 is 5.48 Å². The Morgan fingerprint density at radius 1 is 1.33 bits per heavy atom. The zero-order chi connectivity index (χ0) is 20.8. The lowest BCUT2D eigenvalue weighted by molar-refractivity contribution is -0.142. The molecule has 0 fully saturated rings. The molecule has 8 nitrogen and oxygen atoms in total. The molecule has 1 aliphatic heterocycles. The van der Waals surface area contributed by atoms with Gasteiger partial charge in [0, 0.05) is 18.4 Å². The van der Waals surface area contributed by atoms with E-state index in [-0.39, 0.29) is 12.4 Å². The Kier molecular flexibility index (Phi) is 5.65. The van der Waals surface area contributed by atoms with Gasteiger partial charge in [-0.05, 0) is 19.9 Å². The molecule has 27 heavy (non-hydrogen) atoms. The largest absolute Gasteiger partial charge is 0.435 e. The smallest absolute Gasteiger partial charge is 0.264 e. The van der Waals surface area contributed by atoms with Gasteiger partial charge >= 0.3 is 6.18 Å². The molecule has 1 N–H and O–H groups in total. The molecular weight excluding hydrogens is 435 g/mol. The standard InChI is InChI=1S/C13H17ClF3N3O5S2/c1-4-20-11(26(3,21)22)8(10(18-20)13(15,16)17)6-27(23,24)9-5-12(2,7-14)25-19-9/h5,19H,4,6-7H2,1-3H3. The van der Waals surface area contributed by atoms with Gasteiger partial charge in [0.25, 0.3) is 0 Å². The van der Waals surface area contributed by atoms with Crippen LogP contribution in [-0.2, 0) is 43.0 Å². The van der Waals surface area contributed by atoms with Crippen LogP contribution in [0.5, 0.6) is 0 Å². The summed E-state index contributed by atoms with van der Waals surface area (Å²) in [5.41, 5.74) is -1.55. The summed E-state index contributed by atoms with van der Waals surface area (Å²) in [7, 11) is -8.60. The molecule has 154 valence electrons. The molecule has 14 heteroatoms. The summed E-state index contributed by atoms with van der Waals surface area (Å²) in [5, 5.41) is 1.99. The number of hydrogen-bond acceptors (Lipinski definition) is 7. The maximum absolute atomic E-state index is 13.4. The summed E-state index contributed by atoms with van der Waals surface area (Å²) in [5.74, 6) is -1.35. The van der Waals surface area contributed by atoms with Crippen LogP contribution >= 0.6 is 11.6 Å². The number of hydrogen-bond donors (Lipinski definition) is 1. The van der Waals surface area contributed by atoms with Gasteiger partial charge in [-0.3, -0.25) is 15.0 Å². The van der Waals surface area contributed by atoms with E-state index in [1.807, 2.05) is 0 Å². The van der Waals surface area contributed by atoms with Gasteiger partial charge in [-0.2, -0.15) is 18.3 Å². The summed E-state index contributed by atoms with van der Waals surface area (Å²) in [6.45, 7) is 2.66. The van der Waals surface area contributed by atoms with Crippen LogP contribution in [0.4, 0.5) is 13.2 Å². The average Bonchev–Trinajstić information content (AvgIpc) is 3.08. The molecule has 0 aliphatic carbocycles. The normalized spacial score (nSPS) is 21.2. The second-order valence-electron chi connectivity index (χ2n) is 6.14. The number of halogens is 4. The van der Waals surface area contributed by atoms with E-state index < -0.39 is 58.5 Å². The van der Waals surface area contributed by atoms with E-state index in [1.54, 1.807) is 0 Å². The van der Waals surface area contributed by atoms with E-state index in [9.17, 15) is 30.0 Å². The molecule has 2 heterocycles. The number of hydroxylamine groups is 1. The lowest BCUT2D eigenvalue weighted by Crippen LogP contribution is -2.27. The number of alkyl halides is 4. The number of nitrogens with zero attached hydrogens (tertiary/aromatic N) is 2. The molecule has 1 unspecified atom stereocenters. The third-order valence-corrected chi connectivity index (χ3v) is 6.90. The van der Waals surface area contributed by atoms with E-state index in [1.165, 1.54) is 13.8 Å². The summed E-state index contributed by atoms with van der Waals surface area (Å²) in [6.07, 6.45) is -3.23. The first-order chi connectivity index (χ1) is 12.1. The summed E-state index contributed by atoms with van der Waals surface area (Å²) in [4.78, 5) is 5.03. The van der Waals surface area contributed by atoms with Crippen LogP contribution in [0.2, 0.25) is 0 Å². The number of nitrogens with one attached hydrogen (secondary N) is 1. The Labute approximate surface area is 159 Å². The van der Waals surface area contributed by atoms with Crippen molar-refractivity contribution in [3.05, 3.63) is 22.4 Å². The van der Waals surface area contributed by atoms with Gasteiger partial charge in [0.15, 0.2) is 35.4 Å². The molecule has 2 rings (SSSR count). The summed E-state index contributed by atoms with van der Waals surface area (Å²) >= 11 is 5.67. The molecule has 1 aromatic rings. The van der Waals surface area contributed by atoms with Crippen molar-refractivity contribution in [2.24, 2.45) is 0 Å². The molecule has 0 bridgehead atoms. The highest BCUT2D eigenvalue weighted by molar-refractivity contribution is 7.94. The molecule has 0 aromatic carbocycles. The van der Waals surface area contributed by atoms with Crippen molar-refractivity contribution in [3.8, 4) is 0 Å². The highest BCUT2D eigenvalue weighted by atomic mass is 35.5. The van der Waals surface area contributed by atoms with Crippen molar-refractivity contribution >= 4 is 31.3 Å². The summed E-state index contributed by atoms with van der Waals surface area (Å²) < 4.78 is 90.0. The Morgan fingerprint density at radius 3 is 2.33 bits per heavy atom. The Bertz CT molecular complexity index is 986. The number of sulfone groups is 2. The van der Waals surface area contributed by atoms with E-state index >= 15 is 0 Å². The predicted octanol–water partition coefficient (Wildman–Crippen LogP) is 1.61. The zero-order valence-electron chi connectivity index (χ0n) is 14.5. The van der Waals surface area contributed by atoms with E-state index in [0.717, 1.165) is 6.08 Å². The number of rotatable bonds is 6. The Hall–Kier alpha value is -1.31. The quantitative estimate of drug-likeness (QED) is 0.655. The molecule has 0 saturated heterocycles. The maximum atomic E-state index is 13.4. The maximum Gasteiger partial charge on any atom is 0.435 e.